The Bertz CT molecular complexity index is 273. The van der Waals surface area contributed by atoms with Crippen LogP contribution in [0.5, 0.6) is 0 Å². The Morgan fingerprint density at radius 3 is 2.87 bits per heavy atom. The van der Waals surface area contributed by atoms with Crippen LogP contribution in [0.2, 0.25) is 0 Å². The molecule has 0 saturated carbocycles. The molecule has 0 saturated heterocycles. The summed E-state index contributed by atoms with van der Waals surface area (Å²) in [5, 5.41) is 6.61. The first kappa shape index (κ1) is 12.6. The summed E-state index contributed by atoms with van der Waals surface area (Å²) < 4.78 is 5.42. The molecule has 0 bridgehead atoms. The summed E-state index contributed by atoms with van der Waals surface area (Å²) in [5.41, 5.74) is 1.19. The van der Waals surface area contributed by atoms with E-state index in [4.69, 9.17) is 4.74 Å². The number of nitrogens with one attached hydrogen (secondary N) is 1. The Morgan fingerprint density at radius 1 is 1.47 bits per heavy atom. The van der Waals surface area contributed by atoms with Crippen molar-refractivity contribution in [2.75, 3.05) is 19.7 Å². The van der Waals surface area contributed by atoms with Crippen LogP contribution < -0.4 is 5.32 Å². The predicted molar refractivity (Wildman–Crippen MR) is 64.5 cm³/mol. The van der Waals surface area contributed by atoms with E-state index in [1.807, 2.05) is 6.92 Å². The second-order valence-corrected chi connectivity index (χ2v) is 4.84. The van der Waals surface area contributed by atoms with Gasteiger partial charge in [0.2, 0.25) is 0 Å². The lowest BCUT2D eigenvalue weighted by molar-refractivity contribution is 0.0810. The molecule has 0 fully saturated rings. The molecule has 0 aliphatic heterocycles. The maximum Gasteiger partial charge on any atom is 0.0897 e. The molecule has 1 aromatic rings. The van der Waals surface area contributed by atoms with Gasteiger partial charge in [0.15, 0.2) is 0 Å². The molecule has 3 nitrogen and oxygen atoms in total. The summed E-state index contributed by atoms with van der Waals surface area (Å²) in [7, 11) is 0. The zero-order valence-corrected chi connectivity index (χ0v) is 10.6. The van der Waals surface area contributed by atoms with Crippen molar-refractivity contribution >= 4 is 11.3 Å². The van der Waals surface area contributed by atoms with E-state index in [0.29, 0.717) is 6.10 Å². The first-order chi connectivity index (χ1) is 7.18. The molecule has 0 aromatic carbocycles. The number of hydrogen-bond donors (Lipinski definition) is 1. The van der Waals surface area contributed by atoms with Gasteiger partial charge in [0.25, 0.3) is 0 Å². The lowest BCUT2D eigenvalue weighted by Gasteiger charge is -2.07. The smallest absolute Gasteiger partial charge is 0.0897 e. The third-order valence-corrected chi connectivity index (χ3v) is 2.78. The fourth-order valence-corrected chi connectivity index (χ4v) is 1.88. The van der Waals surface area contributed by atoms with Crippen LogP contribution in [0.3, 0.4) is 0 Å². The summed E-state index contributed by atoms with van der Waals surface area (Å²) in [6.45, 7) is 8.83. The SMILES string of the molecule is Cc1nc(CCNCCOC(C)C)cs1. The van der Waals surface area contributed by atoms with Gasteiger partial charge in [-0.2, -0.15) is 0 Å². The third kappa shape index (κ3) is 5.87. The van der Waals surface area contributed by atoms with Crippen molar-refractivity contribution < 1.29 is 4.74 Å². The molecule has 1 aromatic heterocycles. The fourth-order valence-electron chi connectivity index (χ4n) is 1.23. The highest BCUT2D eigenvalue weighted by Crippen LogP contribution is 2.07. The van der Waals surface area contributed by atoms with Crippen molar-refractivity contribution in [3.8, 4) is 0 Å². The molecule has 0 atom stereocenters. The number of hydrogen-bond acceptors (Lipinski definition) is 4. The average Bonchev–Trinajstić information content (AvgIpc) is 2.57. The van der Waals surface area contributed by atoms with Gasteiger partial charge in [0.05, 0.1) is 23.4 Å². The van der Waals surface area contributed by atoms with E-state index in [0.717, 1.165) is 31.1 Å². The van der Waals surface area contributed by atoms with Gasteiger partial charge in [0.1, 0.15) is 0 Å². The minimum Gasteiger partial charge on any atom is -0.377 e. The highest BCUT2D eigenvalue weighted by atomic mass is 32.1. The number of aromatic nitrogens is 1. The maximum atomic E-state index is 5.42. The van der Waals surface area contributed by atoms with E-state index in [1.165, 1.54) is 5.69 Å². The van der Waals surface area contributed by atoms with Gasteiger partial charge in [-0.15, -0.1) is 11.3 Å². The number of aryl methyl sites for hydroxylation is 1. The van der Waals surface area contributed by atoms with Crippen molar-refractivity contribution in [1.82, 2.24) is 10.3 Å². The number of nitrogens with zero attached hydrogens (tertiary/aromatic N) is 1. The Morgan fingerprint density at radius 2 is 2.27 bits per heavy atom. The van der Waals surface area contributed by atoms with Crippen LogP contribution in [-0.2, 0) is 11.2 Å². The van der Waals surface area contributed by atoms with Gasteiger partial charge >= 0.3 is 0 Å². The first-order valence-corrected chi connectivity index (χ1v) is 6.30. The molecule has 0 unspecified atom stereocenters. The Labute approximate surface area is 95.9 Å². The molecule has 0 spiro atoms. The topological polar surface area (TPSA) is 34.2 Å². The molecule has 0 aliphatic carbocycles. The largest absolute Gasteiger partial charge is 0.377 e. The molecule has 0 amide bonds. The summed E-state index contributed by atoms with van der Waals surface area (Å²) >= 11 is 1.71. The van der Waals surface area contributed by atoms with Crippen LogP contribution in [0.4, 0.5) is 0 Å². The van der Waals surface area contributed by atoms with Crippen molar-refractivity contribution in [3.05, 3.63) is 16.1 Å². The third-order valence-electron chi connectivity index (χ3n) is 1.95. The van der Waals surface area contributed by atoms with Crippen LogP contribution in [-0.4, -0.2) is 30.8 Å². The van der Waals surface area contributed by atoms with Crippen LogP contribution in [0.25, 0.3) is 0 Å². The number of rotatable bonds is 7. The quantitative estimate of drug-likeness (QED) is 0.725. The van der Waals surface area contributed by atoms with Gasteiger partial charge in [-0.25, -0.2) is 4.98 Å². The van der Waals surface area contributed by atoms with E-state index >= 15 is 0 Å². The van der Waals surface area contributed by atoms with Crippen molar-refractivity contribution in [3.63, 3.8) is 0 Å². The van der Waals surface area contributed by atoms with Crippen LogP contribution in [0.15, 0.2) is 5.38 Å². The van der Waals surface area contributed by atoms with E-state index in [1.54, 1.807) is 11.3 Å². The van der Waals surface area contributed by atoms with Gasteiger partial charge in [-0.1, -0.05) is 0 Å². The van der Waals surface area contributed by atoms with Crippen molar-refractivity contribution in [2.45, 2.75) is 33.3 Å². The molecule has 0 aliphatic rings. The molecular weight excluding hydrogens is 208 g/mol. The Hall–Kier alpha value is -0.450. The number of ether oxygens (including phenoxy) is 1. The van der Waals surface area contributed by atoms with Gasteiger partial charge in [-0.05, 0) is 20.8 Å². The zero-order valence-electron chi connectivity index (χ0n) is 9.75. The monoisotopic (exact) mass is 228 g/mol. The highest BCUT2D eigenvalue weighted by Gasteiger charge is 1.97. The maximum absolute atomic E-state index is 5.42. The minimum absolute atomic E-state index is 0.327. The van der Waals surface area contributed by atoms with Gasteiger partial charge < -0.3 is 10.1 Å². The second kappa shape index (κ2) is 6.93. The summed E-state index contributed by atoms with van der Waals surface area (Å²) in [4.78, 5) is 4.40. The summed E-state index contributed by atoms with van der Waals surface area (Å²) in [6.07, 6.45) is 1.33. The molecule has 1 N–H and O–H groups in total. The van der Waals surface area contributed by atoms with Gasteiger partial charge in [0, 0.05) is 24.9 Å². The van der Waals surface area contributed by atoms with Crippen LogP contribution in [0, 0.1) is 6.92 Å². The van der Waals surface area contributed by atoms with Crippen molar-refractivity contribution in [1.29, 1.82) is 0 Å². The average molecular weight is 228 g/mol. The first-order valence-electron chi connectivity index (χ1n) is 5.42. The van der Waals surface area contributed by atoms with E-state index < -0.39 is 0 Å². The fraction of sp³-hybridized carbons (Fsp3) is 0.727. The van der Waals surface area contributed by atoms with Crippen LogP contribution >= 0.6 is 11.3 Å². The molecular formula is C11H20N2OS. The second-order valence-electron chi connectivity index (χ2n) is 3.78. The van der Waals surface area contributed by atoms with Crippen molar-refractivity contribution in [2.24, 2.45) is 0 Å². The molecule has 4 heteroatoms. The Balaban J connectivity index is 1.98. The van der Waals surface area contributed by atoms with E-state index in [-0.39, 0.29) is 0 Å². The van der Waals surface area contributed by atoms with Crippen LogP contribution in [0.1, 0.15) is 24.5 Å². The minimum atomic E-state index is 0.327. The highest BCUT2D eigenvalue weighted by molar-refractivity contribution is 7.09. The standard InChI is InChI=1S/C11H20N2OS/c1-9(2)14-7-6-12-5-4-11-8-15-10(3)13-11/h8-9,12H,4-7H2,1-3H3. The zero-order chi connectivity index (χ0) is 11.1. The summed E-state index contributed by atoms with van der Waals surface area (Å²) in [5.74, 6) is 0. The Kier molecular flexibility index (Phi) is 5.83. The molecule has 0 radical (unpaired) electrons. The molecule has 1 rings (SSSR count). The summed E-state index contributed by atoms with van der Waals surface area (Å²) in [6, 6.07) is 0. The molecule has 86 valence electrons. The molecule has 15 heavy (non-hydrogen) atoms. The van der Waals surface area contributed by atoms with E-state index in [2.05, 4.69) is 29.5 Å². The predicted octanol–water partition coefficient (Wildman–Crippen LogP) is 2.01. The number of thiazole rings is 1. The lowest BCUT2D eigenvalue weighted by atomic mass is 10.3. The lowest BCUT2D eigenvalue weighted by Crippen LogP contribution is -2.23. The molecule has 1 heterocycles. The normalized spacial score (nSPS) is 11.2. The van der Waals surface area contributed by atoms with Gasteiger partial charge in [-0.3, -0.25) is 0 Å². The van der Waals surface area contributed by atoms with E-state index in [9.17, 15) is 0 Å².